The van der Waals surface area contributed by atoms with Crippen LogP contribution in [0, 0.1) is 24.4 Å². The number of aryl methyl sites for hydroxylation is 1. The molecule has 0 aliphatic carbocycles. The van der Waals surface area contributed by atoms with Crippen LogP contribution < -0.4 is 0 Å². The largest absolute Gasteiger partial charge is 0.340 e. The number of likely N-dealkylation sites (N-methyl/N-ethyl adjacent to an activating group) is 1. The van der Waals surface area contributed by atoms with E-state index < -0.39 is 17.5 Å². The Bertz CT molecular complexity index is 1060. The summed E-state index contributed by atoms with van der Waals surface area (Å²) in [5.41, 5.74) is 4.77. The van der Waals surface area contributed by atoms with Crippen molar-refractivity contribution < 1.29 is 13.2 Å². The summed E-state index contributed by atoms with van der Waals surface area (Å²) in [4.78, 5) is 2.29. The van der Waals surface area contributed by atoms with Crippen molar-refractivity contribution >= 4 is 16.5 Å². The second kappa shape index (κ2) is 7.13. The van der Waals surface area contributed by atoms with Crippen LogP contribution in [0.15, 0.2) is 36.9 Å². The molecule has 4 rings (SSSR count). The molecule has 0 fully saturated rings. The Morgan fingerprint density at radius 3 is 2.43 bits per heavy atom. The minimum atomic E-state index is -0.926. The van der Waals surface area contributed by atoms with Gasteiger partial charge in [0.05, 0.1) is 5.56 Å². The SMILES string of the molecule is C=C(Cn1c2c(c3cc(C)ccc31)CCN(C)CC2)c1c(F)cc(F)cc1F. The van der Waals surface area contributed by atoms with Gasteiger partial charge in [0.1, 0.15) is 17.5 Å². The van der Waals surface area contributed by atoms with Crippen LogP contribution in [0.25, 0.3) is 16.5 Å². The molecular weight excluding hydrogens is 361 g/mol. The fourth-order valence-corrected chi connectivity index (χ4v) is 4.20. The van der Waals surface area contributed by atoms with Crippen LogP contribution in [0.3, 0.4) is 0 Å². The quantitative estimate of drug-likeness (QED) is 0.609. The first-order chi connectivity index (χ1) is 13.3. The summed E-state index contributed by atoms with van der Waals surface area (Å²) < 4.78 is 43.9. The van der Waals surface area contributed by atoms with Crippen molar-refractivity contribution in [3.8, 4) is 0 Å². The zero-order chi connectivity index (χ0) is 20.0. The van der Waals surface area contributed by atoms with Crippen molar-refractivity contribution in [1.29, 1.82) is 0 Å². The average Bonchev–Trinajstić information content (AvgIpc) is 2.75. The van der Waals surface area contributed by atoms with Gasteiger partial charge in [0.2, 0.25) is 0 Å². The van der Waals surface area contributed by atoms with E-state index >= 15 is 0 Å². The van der Waals surface area contributed by atoms with Crippen LogP contribution in [-0.4, -0.2) is 29.6 Å². The van der Waals surface area contributed by atoms with E-state index in [4.69, 9.17) is 0 Å². The smallest absolute Gasteiger partial charge is 0.136 e. The van der Waals surface area contributed by atoms with Gasteiger partial charge in [-0.15, -0.1) is 0 Å². The molecule has 0 bridgehead atoms. The maximum absolute atomic E-state index is 14.3. The number of rotatable bonds is 3. The first-order valence-corrected chi connectivity index (χ1v) is 9.47. The van der Waals surface area contributed by atoms with E-state index in [0.29, 0.717) is 17.7 Å². The molecule has 5 heteroatoms. The molecule has 0 spiro atoms. The fourth-order valence-electron chi connectivity index (χ4n) is 4.20. The molecule has 1 aromatic heterocycles. The number of allylic oxidation sites excluding steroid dienone is 1. The molecule has 0 saturated heterocycles. The van der Waals surface area contributed by atoms with Crippen LogP contribution in [0.4, 0.5) is 13.2 Å². The number of fused-ring (bicyclic) bond motifs is 3. The first-order valence-electron chi connectivity index (χ1n) is 9.47. The van der Waals surface area contributed by atoms with Crippen molar-refractivity contribution in [3.63, 3.8) is 0 Å². The molecular formula is C23H23F3N2. The van der Waals surface area contributed by atoms with Crippen molar-refractivity contribution in [2.45, 2.75) is 26.3 Å². The molecule has 1 aliphatic heterocycles. The maximum Gasteiger partial charge on any atom is 0.136 e. The molecule has 1 aliphatic rings. The van der Waals surface area contributed by atoms with Gasteiger partial charge in [0, 0.05) is 54.8 Å². The summed E-state index contributed by atoms with van der Waals surface area (Å²) in [5.74, 6) is -2.76. The fraction of sp³-hybridized carbons (Fsp3) is 0.304. The second-order valence-corrected chi connectivity index (χ2v) is 7.68. The third-order valence-corrected chi connectivity index (χ3v) is 5.63. The van der Waals surface area contributed by atoms with Crippen LogP contribution in [0.2, 0.25) is 0 Å². The van der Waals surface area contributed by atoms with E-state index in [-0.39, 0.29) is 12.1 Å². The highest BCUT2D eigenvalue weighted by Gasteiger charge is 2.22. The number of hydrogen-bond acceptors (Lipinski definition) is 1. The van der Waals surface area contributed by atoms with Gasteiger partial charge in [0.25, 0.3) is 0 Å². The highest BCUT2D eigenvalue weighted by atomic mass is 19.1. The Hall–Kier alpha value is -2.53. The van der Waals surface area contributed by atoms with Crippen molar-refractivity contribution in [2.24, 2.45) is 0 Å². The van der Waals surface area contributed by atoms with Gasteiger partial charge >= 0.3 is 0 Å². The number of halogens is 3. The van der Waals surface area contributed by atoms with E-state index in [0.717, 1.165) is 31.4 Å². The molecule has 0 amide bonds. The lowest BCUT2D eigenvalue weighted by molar-refractivity contribution is 0.351. The lowest BCUT2D eigenvalue weighted by atomic mass is 10.1. The first kappa shape index (κ1) is 18.8. The molecule has 146 valence electrons. The summed E-state index contributed by atoms with van der Waals surface area (Å²) in [6.07, 6.45) is 1.80. The molecule has 0 saturated carbocycles. The summed E-state index contributed by atoms with van der Waals surface area (Å²) in [6.45, 7) is 8.15. The minimum absolute atomic E-state index is 0.241. The van der Waals surface area contributed by atoms with Crippen LogP contribution >= 0.6 is 0 Å². The van der Waals surface area contributed by atoms with Gasteiger partial charge < -0.3 is 9.47 Å². The van der Waals surface area contributed by atoms with Crippen LogP contribution in [0.1, 0.15) is 22.4 Å². The molecule has 3 aromatic rings. The van der Waals surface area contributed by atoms with E-state index in [2.05, 4.69) is 42.2 Å². The molecule has 0 N–H and O–H groups in total. The van der Waals surface area contributed by atoms with Crippen molar-refractivity contribution in [3.05, 3.63) is 76.7 Å². The number of benzene rings is 2. The van der Waals surface area contributed by atoms with Gasteiger partial charge in [-0.3, -0.25) is 0 Å². The Kier molecular flexibility index (Phi) is 4.79. The van der Waals surface area contributed by atoms with E-state index in [1.807, 2.05) is 6.07 Å². The molecule has 2 aromatic carbocycles. The monoisotopic (exact) mass is 384 g/mol. The summed E-state index contributed by atoms with van der Waals surface area (Å²) in [7, 11) is 2.10. The number of aromatic nitrogens is 1. The highest BCUT2D eigenvalue weighted by Crippen LogP contribution is 2.32. The minimum Gasteiger partial charge on any atom is -0.340 e. The normalized spacial score (nSPS) is 14.9. The summed E-state index contributed by atoms with van der Waals surface area (Å²) in [6, 6.07) is 7.70. The third-order valence-electron chi connectivity index (χ3n) is 5.63. The Labute approximate surface area is 162 Å². The number of nitrogens with zero attached hydrogens (tertiary/aromatic N) is 2. The molecule has 0 radical (unpaired) electrons. The van der Waals surface area contributed by atoms with Crippen molar-refractivity contribution in [2.75, 3.05) is 20.1 Å². The van der Waals surface area contributed by atoms with Crippen molar-refractivity contribution in [1.82, 2.24) is 9.47 Å². The summed E-state index contributed by atoms with van der Waals surface area (Å²) in [5, 5.41) is 1.19. The van der Waals surface area contributed by atoms with Gasteiger partial charge in [-0.25, -0.2) is 13.2 Å². The predicted octanol–water partition coefficient (Wildman–Crippen LogP) is 5.11. The number of hydrogen-bond donors (Lipinski definition) is 0. The van der Waals surface area contributed by atoms with Gasteiger partial charge in [0.15, 0.2) is 0 Å². The van der Waals surface area contributed by atoms with E-state index in [1.54, 1.807) is 0 Å². The zero-order valence-corrected chi connectivity index (χ0v) is 16.2. The standard InChI is InChI=1S/C23H23F3N2/c1-14-4-5-21-18(10-14)17-6-8-27(3)9-7-22(17)28(21)13-15(2)23-19(25)11-16(24)12-20(23)26/h4-5,10-12H,2,6-9,13H2,1,3H3. The molecule has 28 heavy (non-hydrogen) atoms. The topological polar surface area (TPSA) is 8.17 Å². The van der Waals surface area contributed by atoms with E-state index in [9.17, 15) is 13.2 Å². The lowest BCUT2D eigenvalue weighted by Gasteiger charge is -2.16. The Morgan fingerprint density at radius 1 is 1.04 bits per heavy atom. The molecule has 0 unspecified atom stereocenters. The molecule has 0 atom stereocenters. The zero-order valence-electron chi connectivity index (χ0n) is 16.2. The second-order valence-electron chi connectivity index (χ2n) is 7.68. The van der Waals surface area contributed by atoms with Gasteiger partial charge in [-0.1, -0.05) is 18.2 Å². The maximum atomic E-state index is 14.3. The Morgan fingerprint density at radius 2 is 1.71 bits per heavy atom. The van der Waals surface area contributed by atoms with Gasteiger partial charge in [-0.05, 0) is 43.7 Å². The summed E-state index contributed by atoms with van der Waals surface area (Å²) >= 11 is 0. The average molecular weight is 384 g/mol. The molecule has 2 heterocycles. The van der Waals surface area contributed by atoms with Crippen LogP contribution in [-0.2, 0) is 19.4 Å². The van der Waals surface area contributed by atoms with E-state index in [1.165, 1.54) is 22.2 Å². The highest BCUT2D eigenvalue weighted by molar-refractivity contribution is 5.87. The Balaban J connectivity index is 1.82. The lowest BCUT2D eigenvalue weighted by Crippen LogP contribution is -2.21. The van der Waals surface area contributed by atoms with Crippen LogP contribution in [0.5, 0.6) is 0 Å². The van der Waals surface area contributed by atoms with Gasteiger partial charge in [-0.2, -0.15) is 0 Å². The third kappa shape index (κ3) is 3.24. The molecule has 2 nitrogen and oxygen atoms in total. The predicted molar refractivity (Wildman–Crippen MR) is 107 cm³/mol.